The topological polar surface area (TPSA) is 63.8 Å². The van der Waals surface area contributed by atoms with Crippen molar-refractivity contribution in [2.45, 2.75) is 13.8 Å². The molecule has 0 atom stereocenters. The normalized spacial score (nSPS) is 8.64. The van der Waals surface area contributed by atoms with Crippen LogP contribution in [0.25, 0.3) is 0 Å². The van der Waals surface area contributed by atoms with E-state index < -0.39 is 0 Å². The first-order valence-corrected chi connectivity index (χ1v) is 3.01. The predicted octanol–water partition coefficient (Wildman–Crippen LogP) is 0.801. The number of aromatic nitrogens is 2. The molecular weight excluding hydrogens is 164 g/mol. The minimum Gasteiger partial charge on any atom is -0.308 e. The van der Waals surface area contributed by atoms with E-state index in [0.29, 0.717) is 5.82 Å². The predicted molar refractivity (Wildman–Crippen MR) is 46.6 cm³/mol. The average Bonchev–Trinajstić information content (AvgIpc) is 1.85. The monoisotopic (exact) mass is 174 g/mol. The standard InChI is InChI=1S/C6H10N4.ClH/c1-4-3-6(10-7)9-5(2)8-4;/h3H,7H2,1-2H3,(H,8,9,10);1H. The van der Waals surface area contributed by atoms with Gasteiger partial charge in [-0.05, 0) is 13.8 Å². The zero-order chi connectivity index (χ0) is 7.56. The summed E-state index contributed by atoms with van der Waals surface area (Å²) in [5, 5.41) is 0. The van der Waals surface area contributed by atoms with Gasteiger partial charge in [-0.25, -0.2) is 15.8 Å². The van der Waals surface area contributed by atoms with Crippen molar-refractivity contribution in [2.75, 3.05) is 5.43 Å². The van der Waals surface area contributed by atoms with E-state index in [1.54, 1.807) is 6.07 Å². The van der Waals surface area contributed by atoms with Crippen LogP contribution in [0, 0.1) is 13.8 Å². The molecule has 0 amide bonds. The highest BCUT2D eigenvalue weighted by molar-refractivity contribution is 5.85. The molecule has 0 radical (unpaired) electrons. The van der Waals surface area contributed by atoms with Crippen LogP contribution in [-0.4, -0.2) is 9.97 Å². The van der Waals surface area contributed by atoms with E-state index in [9.17, 15) is 0 Å². The van der Waals surface area contributed by atoms with Crippen LogP contribution in [0.5, 0.6) is 0 Å². The molecule has 0 saturated heterocycles. The third kappa shape index (κ3) is 2.69. The number of rotatable bonds is 1. The first-order valence-electron chi connectivity index (χ1n) is 3.01. The Morgan fingerprint density at radius 3 is 2.45 bits per heavy atom. The van der Waals surface area contributed by atoms with Gasteiger partial charge in [0.05, 0.1) is 0 Å². The minimum atomic E-state index is 0. The number of aryl methyl sites for hydroxylation is 2. The first-order chi connectivity index (χ1) is 4.72. The van der Waals surface area contributed by atoms with Crippen LogP contribution in [0.3, 0.4) is 0 Å². The fourth-order valence-corrected chi connectivity index (χ4v) is 0.791. The van der Waals surface area contributed by atoms with Gasteiger partial charge in [0.15, 0.2) is 0 Å². The molecule has 0 unspecified atom stereocenters. The molecule has 0 aromatic carbocycles. The Morgan fingerprint density at radius 1 is 1.36 bits per heavy atom. The number of anilines is 1. The summed E-state index contributed by atoms with van der Waals surface area (Å²) in [6.45, 7) is 3.73. The van der Waals surface area contributed by atoms with Crippen molar-refractivity contribution in [1.82, 2.24) is 9.97 Å². The van der Waals surface area contributed by atoms with Gasteiger partial charge in [-0.2, -0.15) is 0 Å². The SMILES string of the molecule is Cc1cc(NN)nc(C)n1.Cl. The van der Waals surface area contributed by atoms with Gasteiger partial charge in [-0.1, -0.05) is 0 Å². The highest BCUT2D eigenvalue weighted by Gasteiger charge is 1.93. The first kappa shape index (κ1) is 10.1. The van der Waals surface area contributed by atoms with Crippen molar-refractivity contribution in [2.24, 2.45) is 5.84 Å². The zero-order valence-corrected chi connectivity index (χ0v) is 7.27. The summed E-state index contributed by atoms with van der Waals surface area (Å²) in [5.74, 6) is 6.53. The number of nitrogen functional groups attached to an aromatic ring is 1. The van der Waals surface area contributed by atoms with E-state index in [0.717, 1.165) is 11.5 Å². The average molecular weight is 175 g/mol. The number of hydrazine groups is 1. The van der Waals surface area contributed by atoms with E-state index in [1.165, 1.54) is 0 Å². The largest absolute Gasteiger partial charge is 0.308 e. The molecule has 1 heterocycles. The van der Waals surface area contributed by atoms with E-state index in [-0.39, 0.29) is 12.4 Å². The Kier molecular flexibility index (Phi) is 3.78. The van der Waals surface area contributed by atoms with Gasteiger partial charge in [0.1, 0.15) is 11.6 Å². The molecule has 62 valence electrons. The van der Waals surface area contributed by atoms with Crippen LogP contribution in [0.1, 0.15) is 11.5 Å². The molecule has 1 aromatic rings. The molecule has 0 saturated carbocycles. The van der Waals surface area contributed by atoms with Crippen molar-refractivity contribution in [3.8, 4) is 0 Å². The number of nitrogens with zero attached hydrogens (tertiary/aromatic N) is 2. The van der Waals surface area contributed by atoms with Gasteiger partial charge in [-0.3, -0.25) is 0 Å². The molecule has 1 rings (SSSR count). The van der Waals surface area contributed by atoms with Crippen molar-refractivity contribution in [3.63, 3.8) is 0 Å². The maximum Gasteiger partial charge on any atom is 0.143 e. The lowest BCUT2D eigenvalue weighted by molar-refractivity contribution is 1.00. The van der Waals surface area contributed by atoms with Crippen molar-refractivity contribution in [1.29, 1.82) is 0 Å². The Morgan fingerprint density at radius 2 is 2.00 bits per heavy atom. The van der Waals surface area contributed by atoms with Gasteiger partial charge in [0, 0.05) is 11.8 Å². The molecule has 1 aromatic heterocycles. The Hall–Kier alpha value is -0.870. The van der Waals surface area contributed by atoms with Gasteiger partial charge < -0.3 is 5.43 Å². The van der Waals surface area contributed by atoms with E-state index in [2.05, 4.69) is 15.4 Å². The number of hydrogen-bond acceptors (Lipinski definition) is 4. The van der Waals surface area contributed by atoms with Crippen LogP contribution < -0.4 is 11.3 Å². The van der Waals surface area contributed by atoms with Gasteiger partial charge >= 0.3 is 0 Å². The van der Waals surface area contributed by atoms with Crippen LogP contribution in [0.4, 0.5) is 5.82 Å². The summed E-state index contributed by atoms with van der Waals surface area (Å²) in [7, 11) is 0. The molecule has 11 heavy (non-hydrogen) atoms. The molecule has 0 fully saturated rings. The summed E-state index contributed by atoms with van der Waals surface area (Å²) in [4.78, 5) is 8.08. The maximum absolute atomic E-state index is 5.15. The number of nitrogens with two attached hydrogens (primary N) is 1. The molecule has 0 aliphatic carbocycles. The molecule has 0 bridgehead atoms. The van der Waals surface area contributed by atoms with Crippen molar-refractivity contribution in [3.05, 3.63) is 17.6 Å². The molecule has 4 nitrogen and oxygen atoms in total. The maximum atomic E-state index is 5.15. The van der Waals surface area contributed by atoms with Gasteiger partial charge in [0.25, 0.3) is 0 Å². The second-order valence-electron chi connectivity index (χ2n) is 2.09. The molecule has 0 aliphatic heterocycles. The zero-order valence-electron chi connectivity index (χ0n) is 6.46. The molecule has 0 aliphatic rings. The summed E-state index contributed by atoms with van der Waals surface area (Å²) in [6.07, 6.45) is 0. The smallest absolute Gasteiger partial charge is 0.143 e. The van der Waals surface area contributed by atoms with Gasteiger partial charge in [0.2, 0.25) is 0 Å². The van der Waals surface area contributed by atoms with Crippen LogP contribution in [0.15, 0.2) is 6.07 Å². The lowest BCUT2D eigenvalue weighted by atomic mass is 10.4. The summed E-state index contributed by atoms with van der Waals surface area (Å²) >= 11 is 0. The van der Waals surface area contributed by atoms with E-state index in [4.69, 9.17) is 5.84 Å². The van der Waals surface area contributed by atoms with Crippen molar-refractivity contribution >= 4 is 18.2 Å². The van der Waals surface area contributed by atoms with Crippen molar-refractivity contribution < 1.29 is 0 Å². The third-order valence-electron chi connectivity index (χ3n) is 1.11. The summed E-state index contributed by atoms with van der Waals surface area (Å²) in [6, 6.07) is 1.78. The molecule has 0 spiro atoms. The second-order valence-corrected chi connectivity index (χ2v) is 2.09. The highest BCUT2D eigenvalue weighted by Crippen LogP contribution is 2.02. The molecule has 3 N–H and O–H groups in total. The summed E-state index contributed by atoms with van der Waals surface area (Å²) in [5.41, 5.74) is 3.37. The van der Waals surface area contributed by atoms with Crippen LogP contribution >= 0.6 is 12.4 Å². The number of hydrogen-bond donors (Lipinski definition) is 2. The van der Waals surface area contributed by atoms with Crippen LogP contribution in [-0.2, 0) is 0 Å². The fourth-order valence-electron chi connectivity index (χ4n) is 0.791. The quantitative estimate of drug-likeness (QED) is 0.489. The minimum absolute atomic E-state index is 0. The Balaban J connectivity index is 0.000001000. The highest BCUT2D eigenvalue weighted by atomic mass is 35.5. The lowest BCUT2D eigenvalue weighted by Gasteiger charge is -2.00. The molecule has 5 heteroatoms. The summed E-state index contributed by atoms with van der Waals surface area (Å²) < 4.78 is 0. The molecular formula is C6H11ClN4. The second kappa shape index (κ2) is 4.10. The third-order valence-corrected chi connectivity index (χ3v) is 1.11. The Labute approximate surface area is 71.6 Å². The lowest BCUT2D eigenvalue weighted by Crippen LogP contribution is -2.09. The Bertz CT molecular complexity index is 218. The van der Waals surface area contributed by atoms with E-state index >= 15 is 0 Å². The van der Waals surface area contributed by atoms with Crippen LogP contribution in [0.2, 0.25) is 0 Å². The van der Waals surface area contributed by atoms with E-state index in [1.807, 2.05) is 13.8 Å². The number of halogens is 1. The van der Waals surface area contributed by atoms with Gasteiger partial charge in [-0.15, -0.1) is 12.4 Å². The number of nitrogens with one attached hydrogen (secondary N) is 1. The fraction of sp³-hybridized carbons (Fsp3) is 0.333.